The maximum Gasteiger partial charge on any atom is 0.338 e. The number of furan rings is 1. The van der Waals surface area contributed by atoms with Gasteiger partial charge in [0.1, 0.15) is 17.6 Å². The average molecular weight is 415 g/mol. The Hall–Kier alpha value is -3.20. The molecule has 0 saturated heterocycles. The van der Waals surface area contributed by atoms with Gasteiger partial charge in [0.25, 0.3) is 5.69 Å². The van der Waals surface area contributed by atoms with Gasteiger partial charge in [-0.3, -0.25) is 10.1 Å². The van der Waals surface area contributed by atoms with Crippen LogP contribution in [0.25, 0.3) is 11.3 Å². The van der Waals surface area contributed by atoms with Crippen LogP contribution in [0.15, 0.2) is 52.1 Å². The molecule has 0 amide bonds. The van der Waals surface area contributed by atoms with Gasteiger partial charge in [-0.25, -0.2) is 4.79 Å². The van der Waals surface area contributed by atoms with E-state index in [-0.39, 0.29) is 12.3 Å². The minimum atomic E-state index is -0.652. The first-order valence-electron chi connectivity index (χ1n) is 9.27. The van der Waals surface area contributed by atoms with Crippen molar-refractivity contribution >= 4 is 29.0 Å². The largest absolute Gasteiger partial charge is 0.463 e. The van der Waals surface area contributed by atoms with E-state index in [4.69, 9.17) is 21.4 Å². The van der Waals surface area contributed by atoms with Crippen LogP contribution in [0.3, 0.4) is 0 Å². The lowest BCUT2D eigenvalue weighted by Crippen LogP contribution is -2.45. The molecule has 0 fully saturated rings. The standard InChI is InChI=1S/C20H21N3O5S/c1-3-7-13-17(19(24)27-4-2)18(22-20(29)21-13)16-11-10-15(28-16)12-8-5-6-9-14(12)23(25)26/h5-6,8-11,18H,3-4,7H2,1-2H3,(H2,21,22,29)/t18-/m0/s1. The summed E-state index contributed by atoms with van der Waals surface area (Å²) < 4.78 is 11.2. The summed E-state index contributed by atoms with van der Waals surface area (Å²) in [5.74, 6) is 0.282. The van der Waals surface area contributed by atoms with Crippen molar-refractivity contribution in [1.82, 2.24) is 10.6 Å². The van der Waals surface area contributed by atoms with Crippen LogP contribution >= 0.6 is 12.2 Å². The summed E-state index contributed by atoms with van der Waals surface area (Å²) in [6.45, 7) is 3.97. The number of ether oxygens (including phenoxy) is 1. The molecule has 8 nitrogen and oxygen atoms in total. The first kappa shape index (κ1) is 20.5. The normalized spacial score (nSPS) is 16.2. The zero-order valence-electron chi connectivity index (χ0n) is 16.1. The van der Waals surface area contributed by atoms with Crippen molar-refractivity contribution in [1.29, 1.82) is 0 Å². The second-order valence-electron chi connectivity index (χ2n) is 6.37. The highest BCUT2D eigenvalue weighted by atomic mass is 32.1. The molecule has 2 N–H and O–H groups in total. The SMILES string of the molecule is CCCC1=C(C(=O)OCC)[C@H](c2ccc(-c3ccccc3[N+](=O)[O-])o2)NC(=S)N1. The summed E-state index contributed by atoms with van der Waals surface area (Å²) >= 11 is 5.29. The number of nitrogens with one attached hydrogen (secondary N) is 2. The Kier molecular flexibility index (Phi) is 6.28. The molecule has 0 saturated carbocycles. The number of nitrogens with zero attached hydrogens (tertiary/aromatic N) is 1. The molecule has 0 bridgehead atoms. The van der Waals surface area contributed by atoms with Gasteiger partial charge in [-0.1, -0.05) is 25.5 Å². The Balaban J connectivity index is 2.05. The van der Waals surface area contributed by atoms with E-state index in [2.05, 4.69) is 10.6 Å². The zero-order valence-corrected chi connectivity index (χ0v) is 16.9. The molecule has 1 aromatic carbocycles. The summed E-state index contributed by atoms with van der Waals surface area (Å²) in [6, 6.07) is 9.00. The van der Waals surface area contributed by atoms with Crippen molar-refractivity contribution in [3.05, 3.63) is 63.5 Å². The number of thiocarbonyl (C=S) groups is 1. The van der Waals surface area contributed by atoms with Crippen LogP contribution in [0.1, 0.15) is 38.5 Å². The Labute approximate surface area is 173 Å². The van der Waals surface area contributed by atoms with Gasteiger partial charge in [-0.05, 0) is 43.8 Å². The third-order valence-corrected chi connectivity index (χ3v) is 4.65. The number of nitro groups is 1. The number of hydrogen-bond donors (Lipinski definition) is 2. The van der Waals surface area contributed by atoms with E-state index in [0.717, 1.165) is 6.42 Å². The van der Waals surface area contributed by atoms with Crippen LogP contribution in [0.5, 0.6) is 0 Å². The number of carbonyl (C=O) groups is 1. The highest BCUT2D eigenvalue weighted by Gasteiger charge is 2.34. The summed E-state index contributed by atoms with van der Waals surface area (Å²) in [5, 5.41) is 17.8. The minimum Gasteiger partial charge on any atom is -0.463 e. The van der Waals surface area contributed by atoms with Crippen LogP contribution < -0.4 is 10.6 Å². The number of hydrogen-bond acceptors (Lipinski definition) is 6. The number of benzene rings is 1. The summed E-state index contributed by atoms with van der Waals surface area (Å²) in [4.78, 5) is 23.5. The number of esters is 1. The Bertz CT molecular complexity index is 982. The lowest BCUT2D eigenvalue weighted by Gasteiger charge is -2.29. The molecule has 1 aliphatic rings. The predicted molar refractivity (Wildman–Crippen MR) is 111 cm³/mol. The molecule has 29 heavy (non-hydrogen) atoms. The monoisotopic (exact) mass is 415 g/mol. The first-order valence-corrected chi connectivity index (χ1v) is 9.68. The van der Waals surface area contributed by atoms with Crippen molar-refractivity contribution < 1.29 is 18.9 Å². The molecule has 1 atom stereocenters. The van der Waals surface area contributed by atoms with Crippen LogP contribution in [0.4, 0.5) is 5.69 Å². The van der Waals surface area contributed by atoms with E-state index < -0.39 is 16.9 Å². The van der Waals surface area contributed by atoms with Gasteiger partial charge in [-0.15, -0.1) is 0 Å². The summed E-state index contributed by atoms with van der Waals surface area (Å²) in [6.07, 6.45) is 1.42. The Morgan fingerprint density at radius 2 is 2.03 bits per heavy atom. The third-order valence-electron chi connectivity index (χ3n) is 4.43. The summed E-state index contributed by atoms with van der Waals surface area (Å²) in [7, 11) is 0. The molecule has 3 rings (SSSR count). The van der Waals surface area contributed by atoms with E-state index in [1.165, 1.54) is 6.07 Å². The van der Waals surface area contributed by atoms with E-state index in [0.29, 0.717) is 39.9 Å². The highest BCUT2D eigenvalue weighted by molar-refractivity contribution is 7.80. The number of carbonyl (C=O) groups excluding carboxylic acids is 1. The lowest BCUT2D eigenvalue weighted by molar-refractivity contribution is -0.384. The van der Waals surface area contributed by atoms with Gasteiger partial charge < -0.3 is 19.8 Å². The Morgan fingerprint density at radius 3 is 2.72 bits per heavy atom. The maximum absolute atomic E-state index is 12.7. The fourth-order valence-corrected chi connectivity index (χ4v) is 3.46. The van der Waals surface area contributed by atoms with Gasteiger partial charge in [0.05, 0.1) is 22.7 Å². The lowest BCUT2D eigenvalue weighted by atomic mass is 9.98. The minimum absolute atomic E-state index is 0.0602. The van der Waals surface area contributed by atoms with Crippen LogP contribution in [-0.2, 0) is 9.53 Å². The van der Waals surface area contributed by atoms with Crippen molar-refractivity contribution in [3.63, 3.8) is 0 Å². The van der Waals surface area contributed by atoms with Crippen molar-refractivity contribution in [3.8, 4) is 11.3 Å². The van der Waals surface area contributed by atoms with Crippen LogP contribution in [0.2, 0.25) is 0 Å². The molecule has 2 heterocycles. The van der Waals surface area contributed by atoms with Crippen LogP contribution in [0, 0.1) is 10.1 Å². The van der Waals surface area contributed by atoms with Gasteiger partial charge in [0.15, 0.2) is 5.11 Å². The molecule has 0 aliphatic carbocycles. The number of para-hydroxylation sites is 1. The molecule has 152 valence electrons. The fraction of sp³-hybridized carbons (Fsp3) is 0.300. The van der Waals surface area contributed by atoms with Gasteiger partial charge >= 0.3 is 5.97 Å². The van der Waals surface area contributed by atoms with E-state index >= 15 is 0 Å². The Morgan fingerprint density at radius 1 is 1.28 bits per heavy atom. The average Bonchev–Trinajstić information content (AvgIpc) is 3.18. The molecular formula is C20H21N3O5S. The molecule has 2 aromatic rings. The molecule has 1 aromatic heterocycles. The fourth-order valence-electron chi connectivity index (χ4n) is 3.22. The van der Waals surface area contributed by atoms with Crippen molar-refractivity contribution in [2.75, 3.05) is 6.61 Å². The number of allylic oxidation sites excluding steroid dienone is 1. The number of rotatable bonds is 7. The van der Waals surface area contributed by atoms with E-state index in [9.17, 15) is 14.9 Å². The molecule has 0 unspecified atom stereocenters. The van der Waals surface area contributed by atoms with Crippen molar-refractivity contribution in [2.24, 2.45) is 0 Å². The molecule has 9 heteroatoms. The zero-order chi connectivity index (χ0) is 21.0. The molecule has 0 spiro atoms. The quantitative estimate of drug-likeness (QED) is 0.303. The van der Waals surface area contributed by atoms with Crippen molar-refractivity contribution in [2.45, 2.75) is 32.7 Å². The van der Waals surface area contributed by atoms with Gasteiger partial charge in [-0.2, -0.15) is 0 Å². The van der Waals surface area contributed by atoms with E-state index in [1.54, 1.807) is 37.3 Å². The van der Waals surface area contributed by atoms with E-state index in [1.807, 2.05) is 6.92 Å². The topological polar surface area (TPSA) is 107 Å². The molecular weight excluding hydrogens is 394 g/mol. The third kappa shape index (κ3) is 4.29. The van der Waals surface area contributed by atoms with Gasteiger partial charge in [0, 0.05) is 11.8 Å². The number of nitro benzene ring substituents is 1. The first-order chi connectivity index (χ1) is 14.0. The van der Waals surface area contributed by atoms with Gasteiger partial charge in [0.2, 0.25) is 0 Å². The second-order valence-corrected chi connectivity index (χ2v) is 6.78. The highest BCUT2D eigenvalue weighted by Crippen LogP contribution is 2.35. The predicted octanol–water partition coefficient (Wildman–Crippen LogP) is 3.99. The second kappa shape index (κ2) is 8.87. The maximum atomic E-state index is 12.7. The smallest absolute Gasteiger partial charge is 0.338 e. The molecule has 1 aliphatic heterocycles. The molecule has 0 radical (unpaired) electrons. The summed E-state index contributed by atoms with van der Waals surface area (Å²) in [5.41, 5.74) is 1.37. The van der Waals surface area contributed by atoms with Crippen LogP contribution in [-0.4, -0.2) is 22.6 Å².